The van der Waals surface area contributed by atoms with Crippen LogP contribution in [0.4, 0.5) is 4.39 Å². The van der Waals surface area contributed by atoms with E-state index >= 15 is 0 Å². The zero-order chi connectivity index (χ0) is 15.3. The van der Waals surface area contributed by atoms with Crippen LogP contribution in [0.2, 0.25) is 0 Å². The van der Waals surface area contributed by atoms with Gasteiger partial charge in [-0.25, -0.2) is 14.2 Å². The molecule has 0 saturated heterocycles. The molecule has 0 unspecified atom stereocenters. The van der Waals surface area contributed by atoms with Gasteiger partial charge in [-0.3, -0.25) is 0 Å². The standard InChI is InChI=1S/C18H12FNO2/c19-11-6-8-15-14(9-11)16(18(21)22)13-7-5-10-3-1-2-4-12(10)17(13)20-15/h1-4,6,8-9H,5,7H2,(H,21,22). The lowest BCUT2D eigenvalue weighted by atomic mass is 9.85. The zero-order valence-corrected chi connectivity index (χ0v) is 11.6. The van der Waals surface area contributed by atoms with Gasteiger partial charge in [0.05, 0.1) is 16.8 Å². The molecular weight excluding hydrogens is 281 g/mol. The second-order valence-electron chi connectivity index (χ2n) is 5.44. The van der Waals surface area contributed by atoms with E-state index in [0.29, 0.717) is 28.6 Å². The van der Waals surface area contributed by atoms with Gasteiger partial charge in [0.1, 0.15) is 5.82 Å². The maximum atomic E-state index is 13.5. The molecule has 1 aromatic heterocycles. The van der Waals surface area contributed by atoms with Crippen molar-refractivity contribution < 1.29 is 14.3 Å². The fourth-order valence-electron chi connectivity index (χ4n) is 3.21. The van der Waals surface area contributed by atoms with Crippen LogP contribution in [0.25, 0.3) is 22.2 Å². The summed E-state index contributed by atoms with van der Waals surface area (Å²) >= 11 is 0. The van der Waals surface area contributed by atoms with Crippen LogP contribution in [0.1, 0.15) is 21.5 Å². The molecule has 1 N–H and O–H groups in total. The Kier molecular flexibility index (Phi) is 2.73. The number of carboxylic acids is 1. The fourth-order valence-corrected chi connectivity index (χ4v) is 3.21. The van der Waals surface area contributed by atoms with Gasteiger partial charge < -0.3 is 5.11 Å². The molecule has 0 amide bonds. The Labute approximate surface area is 126 Å². The van der Waals surface area contributed by atoms with Crippen molar-refractivity contribution in [3.8, 4) is 11.3 Å². The van der Waals surface area contributed by atoms with Gasteiger partial charge in [0.2, 0.25) is 0 Å². The van der Waals surface area contributed by atoms with E-state index < -0.39 is 11.8 Å². The van der Waals surface area contributed by atoms with Crippen molar-refractivity contribution in [1.29, 1.82) is 0 Å². The van der Waals surface area contributed by atoms with Crippen LogP contribution in [0.5, 0.6) is 0 Å². The lowest BCUT2D eigenvalue weighted by Crippen LogP contribution is -2.13. The van der Waals surface area contributed by atoms with Crippen molar-refractivity contribution >= 4 is 16.9 Å². The molecule has 0 spiro atoms. The number of carboxylic acid groups (broad SMARTS) is 1. The minimum atomic E-state index is -1.03. The monoisotopic (exact) mass is 293 g/mol. The number of aryl methyl sites for hydroxylation is 1. The minimum absolute atomic E-state index is 0.175. The molecule has 3 aromatic rings. The smallest absolute Gasteiger partial charge is 0.336 e. The van der Waals surface area contributed by atoms with Crippen molar-refractivity contribution in [2.75, 3.05) is 0 Å². The molecule has 0 aliphatic heterocycles. The van der Waals surface area contributed by atoms with Gasteiger partial charge in [0, 0.05) is 10.9 Å². The summed E-state index contributed by atoms with van der Waals surface area (Å²) in [7, 11) is 0. The zero-order valence-electron chi connectivity index (χ0n) is 11.6. The van der Waals surface area contributed by atoms with Gasteiger partial charge in [-0.15, -0.1) is 0 Å². The number of rotatable bonds is 1. The number of pyridine rings is 1. The van der Waals surface area contributed by atoms with Crippen molar-refractivity contribution in [2.45, 2.75) is 12.8 Å². The van der Waals surface area contributed by atoms with Crippen molar-refractivity contribution in [2.24, 2.45) is 0 Å². The molecule has 4 heteroatoms. The number of hydrogen-bond donors (Lipinski definition) is 1. The van der Waals surface area contributed by atoms with E-state index in [2.05, 4.69) is 4.98 Å². The number of hydrogen-bond acceptors (Lipinski definition) is 2. The number of nitrogens with zero attached hydrogens (tertiary/aromatic N) is 1. The normalized spacial score (nSPS) is 12.8. The van der Waals surface area contributed by atoms with Gasteiger partial charge >= 0.3 is 5.97 Å². The summed E-state index contributed by atoms with van der Waals surface area (Å²) < 4.78 is 13.5. The number of carbonyl (C=O) groups is 1. The molecule has 0 fully saturated rings. The summed E-state index contributed by atoms with van der Waals surface area (Å²) in [6, 6.07) is 12.0. The highest BCUT2D eigenvalue weighted by Crippen LogP contribution is 2.36. The van der Waals surface area contributed by atoms with E-state index in [9.17, 15) is 14.3 Å². The average Bonchev–Trinajstić information content (AvgIpc) is 2.52. The molecule has 22 heavy (non-hydrogen) atoms. The highest BCUT2D eigenvalue weighted by molar-refractivity contribution is 6.06. The third-order valence-electron chi connectivity index (χ3n) is 4.18. The van der Waals surface area contributed by atoms with Gasteiger partial charge in [0.15, 0.2) is 0 Å². The quantitative estimate of drug-likeness (QED) is 0.741. The highest BCUT2D eigenvalue weighted by atomic mass is 19.1. The average molecular weight is 293 g/mol. The fraction of sp³-hybridized carbons (Fsp3) is 0.111. The SMILES string of the molecule is O=C(O)c1c2c(nc3ccc(F)cc13)-c1ccccc1CC2. The molecule has 0 radical (unpaired) electrons. The first-order chi connectivity index (χ1) is 10.6. The van der Waals surface area contributed by atoms with Crippen LogP contribution in [0.3, 0.4) is 0 Å². The predicted molar refractivity (Wildman–Crippen MR) is 81.5 cm³/mol. The van der Waals surface area contributed by atoms with E-state index in [0.717, 1.165) is 12.0 Å². The van der Waals surface area contributed by atoms with Crippen molar-refractivity contribution in [1.82, 2.24) is 4.98 Å². The Morgan fingerprint density at radius 1 is 1.14 bits per heavy atom. The van der Waals surface area contributed by atoms with Crippen LogP contribution in [-0.2, 0) is 12.8 Å². The molecule has 0 bridgehead atoms. The van der Waals surface area contributed by atoms with Crippen LogP contribution in [0.15, 0.2) is 42.5 Å². The third kappa shape index (κ3) is 1.80. The van der Waals surface area contributed by atoms with Crippen LogP contribution >= 0.6 is 0 Å². The molecule has 0 saturated carbocycles. The summed E-state index contributed by atoms with van der Waals surface area (Å²) in [6.07, 6.45) is 1.37. The van der Waals surface area contributed by atoms with Crippen LogP contribution in [-0.4, -0.2) is 16.1 Å². The van der Waals surface area contributed by atoms with E-state index in [4.69, 9.17) is 0 Å². The molecule has 3 nitrogen and oxygen atoms in total. The molecule has 2 aromatic carbocycles. The van der Waals surface area contributed by atoms with Gasteiger partial charge in [-0.05, 0) is 42.2 Å². The van der Waals surface area contributed by atoms with E-state index in [-0.39, 0.29) is 5.56 Å². The first-order valence-electron chi connectivity index (χ1n) is 7.09. The Hall–Kier alpha value is -2.75. The maximum absolute atomic E-state index is 13.5. The van der Waals surface area contributed by atoms with E-state index in [1.54, 1.807) is 0 Å². The largest absolute Gasteiger partial charge is 0.478 e. The number of aromatic nitrogens is 1. The number of fused-ring (bicyclic) bond motifs is 4. The molecule has 1 aliphatic carbocycles. The summed E-state index contributed by atoms with van der Waals surface area (Å²) in [5.41, 5.74) is 4.23. The lowest BCUT2D eigenvalue weighted by Gasteiger charge is -2.21. The number of benzene rings is 2. The molecule has 0 atom stereocenters. The first kappa shape index (κ1) is 13.0. The topological polar surface area (TPSA) is 50.2 Å². The third-order valence-corrected chi connectivity index (χ3v) is 4.18. The molecule has 4 rings (SSSR count). The molecule has 108 valence electrons. The number of halogens is 1. The molecule has 1 aliphatic rings. The van der Waals surface area contributed by atoms with E-state index in [1.807, 2.05) is 24.3 Å². The second kappa shape index (κ2) is 4.63. The van der Waals surface area contributed by atoms with Crippen LogP contribution in [0, 0.1) is 5.82 Å². The van der Waals surface area contributed by atoms with Gasteiger partial charge in [-0.2, -0.15) is 0 Å². The molecular formula is C18H12FNO2. The first-order valence-corrected chi connectivity index (χ1v) is 7.09. The highest BCUT2D eigenvalue weighted by Gasteiger charge is 2.25. The summed E-state index contributed by atoms with van der Waals surface area (Å²) in [5.74, 6) is -1.48. The Bertz CT molecular complexity index is 934. The second-order valence-corrected chi connectivity index (χ2v) is 5.44. The summed E-state index contributed by atoms with van der Waals surface area (Å²) in [5, 5.41) is 9.99. The number of aromatic carboxylic acids is 1. The summed E-state index contributed by atoms with van der Waals surface area (Å²) in [6.45, 7) is 0. The van der Waals surface area contributed by atoms with Crippen LogP contribution < -0.4 is 0 Å². The van der Waals surface area contributed by atoms with Gasteiger partial charge in [-0.1, -0.05) is 24.3 Å². The molecule has 1 heterocycles. The Balaban J connectivity index is 2.14. The van der Waals surface area contributed by atoms with Crippen molar-refractivity contribution in [3.05, 3.63) is 65.0 Å². The Morgan fingerprint density at radius 2 is 1.95 bits per heavy atom. The van der Waals surface area contributed by atoms with Gasteiger partial charge in [0.25, 0.3) is 0 Å². The predicted octanol–water partition coefficient (Wildman–Crippen LogP) is 3.84. The lowest BCUT2D eigenvalue weighted by molar-refractivity contribution is 0.0698. The van der Waals surface area contributed by atoms with Crippen molar-refractivity contribution in [3.63, 3.8) is 0 Å². The van der Waals surface area contributed by atoms with E-state index in [1.165, 1.54) is 23.8 Å². The maximum Gasteiger partial charge on any atom is 0.336 e. The Morgan fingerprint density at radius 3 is 2.77 bits per heavy atom. The summed E-state index contributed by atoms with van der Waals surface area (Å²) in [4.78, 5) is 16.4. The minimum Gasteiger partial charge on any atom is -0.478 e.